The summed E-state index contributed by atoms with van der Waals surface area (Å²) in [4.78, 5) is 11.9. The van der Waals surface area contributed by atoms with Crippen LogP contribution in [0, 0.1) is 0 Å². The van der Waals surface area contributed by atoms with Crippen LogP contribution in [0.4, 0.5) is 5.69 Å². The molecule has 1 aromatic rings. The van der Waals surface area contributed by atoms with Crippen LogP contribution in [0.1, 0.15) is 46.0 Å². The number of hydrogen-bond donors (Lipinski definition) is 2. The van der Waals surface area contributed by atoms with Crippen molar-refractivity contribution in [3.05, 3.63) is 30.3 Å². The summed E-state index contributed by atoms with van der Waals surface area (Å²) < 4.78 is 0. The van der Waals surface area contributed by atoms with Crippen molar-refractivity contribution in [3.8, 4) is 0 Å². The molecule has 1 amide bonds. The maximum Gasteiger partial charge on any atom is 0.227 e. The molecule has 3 nitrogen and oxygen atoms in total. The largest absolute Gasteiger partial charge is 0.389 e. The Hall–Kier alpha value is -1.35. The Kier molecular flexibility index (Phi) is 5.86. The number of hydrogen-bond acceptors (Lipinski definition) is 2. The average Bonchev–Trinajstić information content (AvgIpc) is 2.30. The molecule has 0 aliphatic heterocycles. The van der Waals surface area contributed by atoms with Gasteiger partial charge in [-0.3, -0.25) is 4.79 Å². The third kappa shape index (κ3) is 4.88. The Labute approximate surface area is 109 Å². The van der Waals surface area contributed by atoms with E-state index in [1.807, 2.05) is 44.2 Å². The van der Waals surface area contributed by atoms with E-state index in [4.69, 9.17) is 0 Å². The lowest BCUT2D eigenvalue weighted by Gasteiger charge is -2.26. The highest BCUT2D eigenvalue weighted by atomic mass is 16.3. The fourth-order valence-corrected chi connectivity index (χ4v) is 2.26. The predicted molar refractivity (Wildman–Crippen MR) is 74.5 cm³/mol. The van der Waals surface area contributed by atoms with Crippen molar-refractivity contribution in [2.75, 3.05) is 5.32 Å². The van der Waals surface area contributed by atoms with Crippen LogP contribution < -0.4 is 5.32 Å². The molecule has 0 aromatic heterocycles. The minimum absolute atomic E-state index is 0.120. The Morgan fingerprint density at radius 1 is 1.17 bits per heavy atom. The fourth-order valence-electron chi connectivity index (χ4n) is 2.26. The van der Waals surface area contributed by atoms with Crippen molar-refractivity contribution in [3.63, 3.8) is 0 Å². The molecule has 2 N–H and O–H groups in total. The minimum Gasteiger partial charge on any atom is -0.389 e. The van der Waals surface area contributed by atoms with Gasteiger partial charge in [-0.15, -0.1) is 0 Å². The highest BCUT2D eigenvalue weighted by molar-refractivity contribution is 5.91. The summed E-state index contributed by atoms with van der Waals surface area (Å²) >= 11 is 0. The second-order valence-electron chi connectivity index (χ2n) is 4.82. The molecule has 18 heavy (non-hydrogen) atoms. The number of carbonyl (C=O) groups is 1. The van der Waals surface area contributed by atoms with Gasteiger partial charge in [-0.05, 0) is 25.0 Å². The van der Waals surface area contributed by atoms with Crippen LogP contribution >= 0.6 is 0 Å². The van der Waals surface area contributed by atoms with Crippen molar-refractivity contribution in [2.24, 2.45) is 0 Å². The van der Waals surface area contributed by atoms with Crippen LogP contribution in [0.5, 0.6) is 0 Å². The first-order valence-corrected chi connectivity index (χ1v) is 6.67. The number of para-hydroxylation sites is 1. The lowest BCUT2D eigenvalue weighted by Crippen LogP contribution is -2.33. The number of anilines is 1. The number of amides is 1. The SMILES string of the molecule is CCCC(O)(CCC)CC(=O)Nc1ccccc1. The monoisotopic (exact) mass is 249 g/mol. The van der Waals surface area contributed by atoms with Crippen LogP contribution in [-0.2, 0) is 4.79 Å². The van der Waals surface area contributed by atoms with E-state index in [9.17, 15) is 9.90 Å². The quantitative estimate of drug-likeness (QED) is 0.778. The van der Waals surface area contributed by atoms with Crippen molar-refractivity contribution in [2.45, 2.75) is 51.6 Å². The lowest BCUT2D eigenvalue weighted by molar-refractivity contribution is -0.121. The van der Waals surface area contributed by atoms with Crippen LogP contribution in [-0.4, -0.2) is 16.6 Å². The summed E-state index contributed by atoms with van der Waals surface area (Å²) in [6.45, 7) is 4.05. The first-order valence-electron chi connectivity index (χ1n) is 6.67. The lowest BCUT2D eigenvalue weighted by atomic mass is 9.89. The Morgan fingerprint density at radius 3 is 2.22 bits per heavy atom. The molecule has 0 spiro atoms. The van der Waals surface area contributed by atoms with Gasteiger partial charge in [0.05, 0.1) is 12.0 Å². The summed E-state index contributed by atoms with van der Waals surface area (Å²) in [7, 11) is 0. The third-order valence-electron chi connectivity index (χ3n) is 2.98. The predicted octanol–water partition coefficient (Wildman–Crippen LogP) is 3.35. The van der Waals surface area contributed by atoms with E-state index >= 15 is 0 Å². The van der Waals surface area contributed by atoms with Crippen LogP contribution in [0.15, 0.2) is 30.3 Å². The number of rotatable bonds is 7. The maximum absolute atomic E-state index is 11.9. The van der Waals surface area contributed by atoms with E-state index in [0.29, 0.717) is 12.8 Å². The molecule has 1 aromatic carbocycles. The van der Waals surface area contributed by atoms with Gasteiger partial charge in [-0.1, -0.05) is 44.9 Å². The topological polar surface area (TPSA) is 49.3 Å². The van der Waals surface area contributed by atoms with Crippen LogP contribution in [0.3, 0.4) is 0 Å². The molecule has 0 aliphatic rings. The summed E-state index contributed by atoms with van der Waals surface area (Å²) in [5.74, 6) is -0.120. The first kappa shape index (κ1) is 14.7. The van der Waals surface area contributed by atoms with Gasteiger partial charge in [0.15, 0.2) is 0 Å². The molecule has 0 radical (unpaired) electrons. The highest BCUT2D eigenvalue weighted by Gasteiger charge is 2.28. The van der Waals surface area contributed by atoms with Gasteiger partial charge >= 0.3 is 0 Å². The molecule has 0 unspecified atom stereocenters. The zero-order valence-corrected chi connectivity index (χ0v) is 11.3. The summed E-state index contributed by atoms with van der Waals surface area (Å²) in [6, 6.07) is 9.34. The van der Waals surface area contributed by atoms with E-state index in [1.54, 1.807) is 0 Å². The van der Waals surface area contributed by atoms with E-state index in [0.717, 1.165) is 18.5 Å². The summed E-state index contributed by atoms with van der Waals surface area (Å²) in [5.41, 5.74) is -0.0830. The second-order valence-corrected chi connectivity index (χ2v) is 4.82. The molecule has 100 valence electrons. The molecule has 0 saturated heterocycles. The molecule has 3 heteroatoms. The standard InChI is InChI=1S/C15H23NO2/c1-3-10-15(18,11-4-2)12-14(17)16-13-8-6-5-7-9-13/h5-9,18H,3-4,10-12H2,1-2H3,(H,16,17). The van der Waals surface area contributed by atoms with Gasteiger partial charge in [0.25, 0.3) is 0 Å². The van der Waals surface area contributed by atoms with Gasteiger partial charge in [0.1, 0.15) is 0 Å². The number of nitrogens with one attached hydrogen (secondary N) is 1. The van der Waals surface area contributed by atoms with Crippen molar-refractivity contribution in [1.29, 1.82) is 0 Å². The molecular weight excluding hydrogens is 226 g/mol. The highest BCUT2D eigenvalue weighted by Crippen LogP contribution is 2.24. The second kappa shape index (κ2) is 7.17. The van der Waals surface area contributed by atoms with Crippen molar-refractivity contribution < 1.29 is 9.90 Å². The molecular formula is C15H23NO2. The van der Waals surface area contributed by atoms with E-state index < -0.39 is 5.60 Å². The zero-order chi connectivity index (χ0) is 13.4. The summed E-state index contributed by atoms with van der Waals surface area (Å²) in [6.07, 6.45) is 3.28. The third-order valence-corrected chi connectivity index (χ3v) is 2.98. The van der Waals surface area contributed by atoms with Gasteiger partial charge < -0.3 is 10.4 Å². The molecule has 1 rings (SSSR count). The smallest absolute Gasteiger partial charge is 0.227 e. The van der Waals surface area contributed by atoms with Crippen LogP contribution in [0.25, 0.3) is 0 Å². The normalized spacial score (nSPS) is 11.3. The van der Waals surface area contributed by atoms with Crippen molar-refractivity contribution in [1.82, 2.24) is 0 Å². The molecule has 0 heterocycles. The van der Waals surface area contributed by atoms with Gasteiger partial charge in [-0.25, -0.2) is 0 Å². The van der Waals surface area contributed by atoms with Gasteiger partial charge in [0, 0.05) is 5.69 Å². The van der Waals surface area contributed by atoms with E-state index in [1.165, 1.54) is 0 Å². The van der Waals surface area contributed by atoms with E-state index in [2.05, 4.69) is 5.32 Å². The first-order chi connectivity index (χ1) is 8.59. The average molecular weight is 249 g/mol. The number of carbonyl (C=O) groups excluding carboxylic acids is 1. The molecule has 0 aliphatic carbocycles. The summed E-state index contributed by atoms with van der Waals surface area (Å²) in [5, 5.41) is 13.2. The van der Waals surface area contributed by atoms with Crippen LogP contribution in [0.2, 0.25) is 0 Å². The Morgan fingerprint density at radius 2 is 1.72 bits per heavy atom. The van der Waals surface area contributed by atoms with Gasteiger partial charge in [0.2, 0.25) is 5.91 Å². The molecule has 0 bridgehead atoms. The minimum atomic E-state index is -0.859. The van der Waals surface area contributed by atoms with Crippen molar-refractivity contribution >= 4 is 11.6 Å². The fraction of sp³-hybridized carbons (Fsp3) is 0.533. The van der Waals surface area contributed by atoms with E-state index in [-0.39, 0.29) is 12.3 Å². The maximum atomic E-state index is 11.9. The Balaban J connectivity index is 2.56. The Bertz CT molecular complexity index is 356. The molecule has 0 fully saturated rings. The molecule has 0 atom stereocenters. The molecule has 0 saturated carbocycles. The number of benzene rings is 1. The number of aliphatic hydroxyl groups is 1. The zero-order valence-electron chi connectivity index (χ0n) is 11.3. The van der Waals surface area contributed by atoms with Gasteiger partial charge in [-0.2, -0.15) is 0 Å².